The van der Waals surface area contributed by atoms with Crippen molar-refractivity contribution in [2.45, 2.75) is 33.2 Å². The minimum Gasteiger partial charge on any atom is -0.395 e. The minimum absolute atomic E-state index is 0.172. The molecule has 0 aliphatic heterocycles. The Balaban J connectivity index is 4.44. The van der Waals surface area contributed by atoms with Gasteiger partial charge in [-0.2, -0.15) is 0 Å². The van der Waals surface area contributed by atoms with Gasteiger partial charge in [0.05, 0.1) is 5.70 Å². The van der Waals surface area contributed by atoms with Gasteiger partial charge in [-0.15, -0.1) is 0 Å². The highest BCUT2D eigenvalue weighted by molar-refractivity contribution is 5.92. The highest BCUT2D eigenvalue weighted by Gasteiger charge is 2.15. The van der Waals surface area contributed by atoms with Crippen LogP contribution < -0.4 is 11.6 Å². The second-order valence-electron chi connectivity index (χ2n) is 3.72. The lowest BCUT2D eigenvalue weighted by molar-refractivity contribution is -0.113. The second-order valence-corrected chi connectivity index (χ2v) is 3.72. The van der Waals surface area contributed by atoms with Crippen molar-refractivity contribution in [3.63, 3.8) is 0 Å². The number of hydrogen-bond donors (Lipinski definition) is 2. The van der Waals surface area contributed by atoms with Crippen molar-refractivity contribution in [1.29, 1.82) is 0 Å². The molecule has 4 nitrogen and oxygen atoms in total. The Bertz CT molecular complexity index is 203. The van der Waals surface area contributed by atoms with Crippen molar-refractivity contribution in [3.05, 3.63) is 11.9 Å². The molecule has 0 spiro atoms. The van der Waals surface area contributed by atoms with E-state index in [1.54, 1.807) is 0 Å². The van der Waals surface area contributed by atoms with Crippen molar-refractivity contribution >= 4 is 5.78 Å². The number of nitrogens with two attached hydrogens (primary N) is 2. The van der Waals surface area contributed by atoms with Crippen LogP contribution in [0.5, 0.6) is 0 Å². The Labute approximate surface area is 73.2 Å². The Hall–Kier alpha value is -1.03. The maximum Gasteiger partial charge on any atom is 0.176 e. The predicted molar refractivity (Wildman–Crippen MR) is 48.7 cm³/mol. The van der Waals surface area contributed by atoms with E-state index in [9.17, 15) is 4.79 Å². The molecule has 0 aromatic rings. The molecule has 0 radical (unpaired) electrons. The van der Waals surface area contributed by atoms with Gasteiger partial charge in [-0.1, -0.05) is 0 Å². The Morgan fingerprint density at radius 3 is 2.08 bits per heavy atom. The minimum atomic E-state index is -0.222. The number of allylic oxidation sites excluding steroid dienone is 1. The molecule has 4 heteroatoms. The average Bonchev–Trinajstić information content (AvgIpc) is 1.85. The molecule has 12 heavy (non-hydrogen) atoms. The molecule has 0 atom stereocenters. The summed E-state index contributed by atoms with van der Waals surface area (Å²) in [6.45, 7) is 7.19. The number of hydrogen-bond acceptors (Lipinski definition) is 4. The third-order valence-electron chi connectivity index (χ3n) is 1.46. The molecule has 0 aliphatic carbocycles. The van der Waals surface area contributed by atoms with Gasteiger partial charge in [0.2, 0.25) is 0 Å². The van der Waals surface area contributed by atoms with Gasteiger partial charge in [-0.3, -0.25) is 4.79 Å². The lowest BCUT2D eigenvalue weighted by atomic mass is 10.1. The number of carbonyl (C=O) groups is 1. The standard InChI is InChI=1S/C8H17N3O/c1-6(12)7(9)5-11(10)8(2,3)4/h5H,9-10H2,1-4H3/b7-5-. The first-order valence-corrected chi connectivity index (χ1v) is 3.77. The van der Waals surface area contributed by atoms with E-state index < -0.39 is 0 Å². The lowest BCUT2D eigenvalue weighted by Gasteiger charge is -2.30. The first kappa shape index (κ1) is 11.0. The molecule has 4 N–H and O–H groups in total. The van der Waals surface area contributed by atoms with E-state index in [2.05, 4.69) is 0 Å². The molecule has 0 aliphatic rings. The Kier molecular flexibility index (Phi) is 3.27. The van der Waals surface area contributed by atoms with Crippen LogP contribution in [-0.4, -0.2) is 16.3 Å². The van der Waals surface area contributed by atoms with Crippen molar-refractivity contribution in [1.82, 2.24) is 5.01 Å². The summed E-state index contributed by atoms with van der Waals surface area (Å²) in [6.07, 6.45) is 1.45. The number of ketones is 1. The van der Waals surface area contributed by atoms with Crippen molar-refractivity contribution in [2.24, 2.45) is 11.6 Å². The number of hydrazine groups is 1. The quantitative estimate of drug-likeness (QED) is 0.357. The largest absolute Gasteiger partial charge is 0.395 e. The summed E-state index contributed by atoms with van der Waals surface area (Å²) in [7, 11) is 0. The number of nitrogens with zero attached hydrogens (tertiary/aromatic N) is 1. The summed E-state index contributed by atoms with van der Waals surface area (Å²) in [4.78, 5) is 10.7. The van der Waals surface area contributed by atoms with Crippen LogP contribution in [0.3, 0.4) is 0 Å². The van der Waals surface area contributed by atoms with Crippen LogP contribution >= 0.6 is 0 Å². The first-order valence-electron chi connectivity index (χ1n) is 3.77. The van der Waals surface area contributed by atoms with Gasteiger partial charge in [0.25, 0.3) is 0 Å². The van der Waals surface area contributed by atoms with E-state index >= 15 is 0 Å². The first-order chi connectivity index (χ1) is 5.25. The summed E-state index contributed by atoms with van der Waals surface area (Å²) < 4.78 is 0. The molecule has 70 valence electrons. The van der Waals surface area contributed by atoms with Crippen molar-refractivity contribution in [2.75, 3.05) is 0 Å². The van der Waals surface area contributed by atoms with E-state index in [1.807, 2.05) is 20.8 Å². The monoisotopic (exact) mass is 171 g/mol. The van der Waals surface area contributed by atoms with E-state index in [0.29, 0.717) is 0 Å². The molecule has 0 unspecified atom stereocenters. The van der Waals surface area contributed by atoms with Crippen LogP contribution in [0.25, 0.3) is 0 Å². The van der Waals surface area contributed by atoms with Gasteiger partial charge in [0.15, 0.2) is 5.78 Å². The molecule has 0 amide bonds. The second kappa shape index (κ2) is 3.58. The van der Waals surface area contributed by atoms with Gasteiger partial charge in [-0.05, 0) is 20.8 Å². The molecular weight excluding hydrogens is 154 g/mol. The highest BCUT2D eigenvalue weighted by Crippen LogP contribution is 2.08. The van der Waals surface area contributed by atoms with Crippen LogP contribution in [-0.2, 0) is 4.79 Å². The zero-order valence-corrected chi connectivity index (χ0v) is 8.09. The smallest absolute Gasteiger partial charge is 0.176 e. The van der Waals surface area contributed by atoms with E-state index in [4.69, 9.17) is 11.6 Å². The number of rotatable bonds is 2. The summed E-state index contributed by atoms with van der Waals surface area (Å²) in [5.74, 6) is 5.44. The van der Waals surface area contributed by atoms with Crippen LogP contribution in [0.4, 0.5) is 0 Å². The van der Waals surface area contributed by atoms with E-state index in [0.717, 1.165) is 0 Å². The van der Waals surface area contributed by atoms with Crippen LogP contribution in [0.2, 0.25) is 0 Å². The summed E-state index contributed by atoms with van der Waals surface area (Å²) >= 11 is 0. The molecule has 0 saturated heterocycles. The third-order valence-corrected chi connectivity index (χ3v) is 1.46. The molecule has 0 aromatic carbocycles. The topological polar surface area (TPSA) is 72.4 Å². The van der Waals surface area contributed by atoms with E-state index in [1.165, 1.54) is 18.1 Å². The summed E-state index contributed by atoms with van der Waals surface area (Å²) in [5, 5.41) is 1.42. The van der Waals surface area contributed by atoms with Crippen LogP contribution in [0.1, 0.15) is 27.7 Å². The average molecular weight is 171 g/mol. The molecule has 0 fully saturated rings. The fraction of sp³-hybridized carbons (Fsp3) is 0.625. The zero-order valence-electron chi connectivity index (χ0n) is 8.09. The van der Waals surface area contributed by atoms with Gasteiger partial charge in [0.1, 0.15) is 0 Å². The normalized spacial score (nSPS) is 12.9. The number of carbonyl (C=O) groups excluding carboxylic acids is 1. The maximum atomic E-state index is 10.7. The molecule has 0 aromatic heterocycles. The lowest BCUT2D eigenvalue weighted by Crippen LogP contribution is -2.43. The highest BCUT2D eigenvalue weighted by atomic mass is 16.1. The number of Topliss-reactive ketones (excluding diaryl/α,β-unsaturated/α-hetero) is 1. The van der Waals surface area contributed by atoms with Gasteiger partial charge >= 0.3 is 0 Å². The zero-order chi connectivity index (χ0) is 9.94. The molecule has 0 rings (SSSR count). The van der Waals surface area contributed by atoms with Crippen molar-refractivity contribution in [3.8, 4) is 0 Å². The maximum absolute atomic E-state index is 10.7. The molecule has 0 bridgehead atoms. The summed E-state index contributed by atoms with van der Waals surface area (Å²) in [5.41, 5.74) is 5.36. The molecule has 0 heterocycles. The van der Waals surface area contributed by atoms with Gasteiger partial charge < -0.3 is 10.7 Å². The van der Waals surface area contributed by atoms with Crippen molar-refractivity contribution < 1.29 is 4.79 Å². The Morgan fingerprint density at radius 1 is 1.42 bits per heavy atom. The SMILES string of the molecule is CC(=O)/C(N)=C/N(N)C(C)(C)C. The molecule has 0 saturated carbocycles. The molecular formula is C8H17N3O. The third kappa shape index (κ3) is 3.39. The van der Waals surface area contributed by atoms with Gasteiger partial charge in [-0.25, -0.2) is 5.84 Å². The van der Waals surface area contributed by atoms with Crippen LogP contribution in [0, 0.1) is 0 Å². The Morgan fingerprint density at radius 2 is 1.83 bits per heavy atom. The fourth-order valence-corrected chi connectivity index (χ4v) is 0.434. The van der Waals surface area contributed by atoms with Crippen LogP contribution in [0.15, 0.2) is 11.9 Å². The fourth-order valence-electron chi connectivity index (χ4n) is 0.434. The summed E-state index contributed by atoms with van der Waals surface area (Å²) in [6, 6.07) is 0. The van der Waals surface area contributed by atoms with E-state index in [-0.39, 0.29) is 17.0 Å². The predicted octanol–water partition coefficient (Wildman–Crippen LogP) is 0.350. The van der Waals surface area contributed by atoms with Gasteiger partial charge in [0, 0.05) is 18.7 Å².